The molecule has 0 spiro atoms. The van der Waals surface area contributed by atoms with E-state index in [0.29, 0.717) is 6.04 Å². The van der Waals surface area contributed by atoms with Gasteiger partial charge in [0.05, 0.1) is 0 Å². The Labute approximate surface area is 74.1 Å². The highest BCUT2D eigenvalue weighted by molar-refractivity contribution is 7.99. The number of nitrogens with two attached hydrogens (primary N) is 1. The molecule has 0 saturated heterocycles. The Morgan fingerprint density at radius 1 is 1.45 bits per heavy atom. The molecule has 66 valence electrons. The third-order valence-corrected chi connectivity index (χ3v) is 3.87. The van der Waals surface area contributed by atoms with E-state index in [4.69, 9.17) is 5.73 Å². The second-order valence-electron chi connectivity index (χ2n) is 3.36. The van der Waals surface area contributed by atoms with Gasteiger partial charge in [0.2, 0.25) is 0 Å². The lowest BCUT2D eigenvalue weighted by Crippen LogP contribution is -2.26. The third kappa shape index (κ3) is 3.04. The molecular formula is C9H19NS. The SMILES string of the molecule is CCCCSC1CCCC1N. The molecule has 1 nitrogen and oxygen atoms in total. The summed E-state index contributed by atoms with van der Waals surface area (Å²) in [6, 6.07) is 0.497. The van der Waals surface area contributed by atoms with Crippen LogP contribution in [0, 0.1) is 0 Å². The van der Waals surface area contributed by atoms with Gasteiger partial charge in [-0.05, 0) is 25.0 Å². The predicted octanol–water partition coefficient (Wildman–Crippen LogP) is 2.40. The van der Waals surface area contributed by atoms with Crippen LogP contribution in [0.5, 0.6) is 0 Å². The van der Waals surface area contributed by atoms with E-state index in [9.17, 15) is 0 Å². The first-order valence-electron chi connectivity index (χ1n) is 4.71. The monoisotopic (exact) mass is 173 g/mol. The van der Waals surface area contributed by atoms with E-state index in [-0.39, 0.29) is 0 Å². The Balaban J connectivity index is 2.05. The highest BCUT2D eigenvalue weighted by atomic mass is 32.2. The number of hydrogen-bond acceptors (Lipinski definition) is 2. The lowest BCUT2D eigenvalue weighted by Gasteiger charge is -2.13. The fourth-order valence-electron chi connectivity index (χ4n) is 1.54. The van der Waals surface area contributed by atoms with Gasteiger partial charge in [-0.25, -0.2) is 0 Å². The minimum atomic E-state index is 0.497. The number of rotatable bonds is 4. The first kappa shape index (κ1) is 9.40. The Morgan fingerprint density at radius 3 is 2.82 bits per heavy atom. The second-order valence-corrected chi connectivity index (χ2v) is 4.70. The summed E-state index contributed by atoms with van der Waals surface area (Å²) in [6.07, 6.45) is 6.63. The minimum absolute atomic E-state index is 0.497. The van der Waals surface area contributed by atoms with Crippen molar-refractivity contribution in [3.63, 3.8) is 0 Å². The zero-order valence-corrected chi connectivity index (χ0v) is 8.20. The van der Waals surface area contributed by atoms with E-state index < -0.39 is 0 Å². The van der Waals surface area contributed by atoms with Crippen LogP contribution in [-0.2, 0) is 0 Å². The van der Waals surface area contributed by atoms with Crippen LogP contribution in [0.4, 0.5) is 0 Å². The van der Waals surface area contributed by atoms with E-state index >= 15 is 0 Å². The van der Waals surface area contributed by atoms with Gasteiger partial charge in [0.1, 0.15) is 0 Å². The van der Waals surface area contributed by atoms with E-state index in [1.54, 1.807) is 0 Å². The Kier molecular flexibility index (Phi) is 4.31. The summed E-state index contributed by atoms with van der Waals surface area (Å²) < 4.78 is 0. The van der Waals surface area contributed by atoms with Crippen LogP contribution in [-0.4, -0.2) is 17.0 Å². The molecule has 11 heavy (non-hydrogen) atoms. The zero-order chi connectivity index (χ0) is 8.10. The van der Waals surface area contributed by atoms with E-state index in [1.165, 1.54) is 37.9 Å². The molecule has 0 aromatic heterocycles. The van der Waals surface area contributed by atoms with Gasteiger partial charge in [0, 0.05) is 11.3 Å². The quantitative estimate of drug-likeness (QED) is 0.661. The molecule has 0 amide bonds. The smallest absolute Gasteiger partial charge is 0.0199 e. The first-order valence-corrected chi connectivity index (χ1v) is 5.76. The Bertz CT molecular complexity index is 106. The van der Waals surface area contributed by atoms with Crippen LogP contribution in [0.25, 0.3) is 0 Å². The van der Waals surface area contributed by atoms with Crippen LogP contribution in [0.1, 0.15) is 39.0 Å². The molecule has 0 aromatic rings. The topological polar surface area (TPSA) is 26.0 Å². The summed E-state index contributed by atoms with van der Waals surface area (Å²) in [4.78, 5) is 0. The van der Waals surface area contributed by atoms with Gasteiger partial charge in [-0.3, -0.25) is 0 Å². The van der Waals surface area contributed by atoms with Crippen molar-refractivity contribution in [1.29, 1.82) is 0 Å². The lowest BCUT2D eigenvalue weighted by molar-refractivity contribution is 0.715. The zero-order valence-electron chi connectivity index (χ0n) is 7.38. The predicted molar refractivity (Wildman–Crippen MR) is 53.0 cm³/mol. The summed E-state index contributed by atoms with van der Waals surface area (Å²) in [7, 11) is 0. The van der Waals surface area contributed by atoms with Crippen LogP contribution in [0.3, 0.4) is 0 Å². The van der Waals surface area contributed by atoms with Gasteiger partial charge in [-0.1, -0.05) is 19.8 Å². The summed E-state index contributed by atoms with van der Waals surface area (Å²) in [6.45, 7) is 2.25. The Hall–Kier alpha value is 0.310. The third-order valence-electron chi connectivity index (χ3n) is 2.33. The number of unbranched alkanes of at least 4 members (excludes halogenated alkanes) is 1. The van der Waals surface area contributed by atoms with Gasteiger partial charge in [0.15, 0.2) is 0 Å². The minimum Gasteiger partial charge on any atom is -0.327 e. The molecule has 0 bridgehead atoms. The fourth-order valence-corrected chi connectivity index (χ4v) is 3.02. The van der Waals surface area contributed by atoms with Crippen LogP contribution in [0.15, 0.2) is 0 Å². The molecule has 1 rings (SSSR count). The van der Waals surface area contributed by atoms with E-state index in [2.05, 4.69) is 18.7 Å². The van der Waals surface area contributed by atoms with Crippen LogP contribution < -0.4 is 5.73 Å². The molecule has 1 aliphatic rings. The Morgan fingerprint density at radius 2 is 2.27 bits per heavy atom. The van der Waals surface area contributed by atoms with E-state index in [1.807, 2.05) is 0 Å². The lowest BCUT2D eigenvalue weighted by atomic mass is 10.3. The van der Waals surface area contributed by atoms with Gasteiger partial charge in [0.25, 0.3) is 0 Å². The molecule has 2 atom stereocenters. The maximum absolute atomic E-state index is 5.94. The van der Waals surface area contributed by atoms with Crippen LogP contribution >= 0.6 is 11.8 Å². The molecule has 2 unspecified atom stereocenters. The second kappa shape index (κ2) is 5.04. The molecule has 0 radical (unpaired) electrons. The van der Waals surface area contributed by atoms with Gasteiger partial charge >= 0.3 is 0 Å². The van der Waals surface area contributed by atoms with Crippen molar-refractivity contribution in [3.05, 3.63) is 0 Å². The average Bonchev–Trinajstić information content (AvgIpc) is 2.37. The summed E-state index contributed by atoms with van der Waals surface area (Å²) in [5.74, 6) is 1.31. The van der Waals surface area contributed by atoms with Crippen molar-refractivity contribution in [2.45, 2.75) is 50.3 Å². The summed E-state index contributed by atoms with van der Waals surface area (Å²) >= 11 is 2.09. The number of thioether (sulfide) groups is 1. The highest BCUT2D eigenvalue weighted by Crippen LogP contribution is 2.29. The summed E-state index contributed by atoms with van der Waals surface area (Å²) in [5, 5.41) is 0.779. The van der Waals surface area contributed by atoms with Crippen molar-refractivity contribution in [2.24, 2.45) is 5.73 Å². The standard InChI is InChI=1S/C9H19NS/c1-2-3-7-11-9-6-4-5-8(9)10/h8-9H,2-7,10H2,1H3. The molecule has 2 heteroatoms. The van der Waals surface area contributed by atoms with Crippen molar-refractivity contribution < 1.29 is 0 Å². The van der Waals surface area contributed by atoms with Crippen molar-refractivity contribution >= 4 is 11.8 Å². The van der Waals surface area contributed by atoms with Crippen molar-refractivity contribution in [2.75, 3.05) is 5.75 Å². The first-order chi connectivity index (χ1) is 5.34. The molecule has 1 fully saturated rings. The molecule has 0 aliphatic heterocycles. The molecule has 1 saturated carbocycles. The molecule has 0 heterocycles. The number of hydrogen-bond donors (Lipinski definition) is 1. The van der Waals surface area contributed by atoms with Crippen LogP contribution in [0.2, 0.25) is 0 Å². The maximum atomic E-state index is 5.94. The average molecular weight is 173 g/mol. The van der Waals surface area contributed by atoms with Gasteiger partial charge in [-0.15, -0.1) is 0 Å². The highest BCUT2D eigenvalue weighted by Gasteiger charge is 2.23. The fraction of sp³-hybridized carbons (Fsp3) is 1.00. The van der Waals surface area contributed by atoms with E-state index in [0.717, 1.165) is 5.25 Å². The van der Waals surface area contributed by atoms with Gasteiger partial charge in [-0.2, -0.15) is 11.8 Å². The normalized spacial score (nSPS) is 31.1. The largest absolute Gasteiger partial charge is 0.327 e. The molecule has 0 aromatic carbocycles. The molecular weight excluding hydrogens is 154 g/mol. The van der Waals surface area contributed by atoms with Crippen molar-refractivity contribution in [1.82, 2.24) is 0 Å². The van der Waals surface area contributed by atoms with Gasteiger partial charge < -0.3 is 5.73 Å². The summed E-state index contributed by atoms with van der Waals surface area (Å²) in [5.41, 5.74) is 5.94. The maximum Gasteiger partial charge on any atom is 0.0199 e. The molecule has 2 N–H and O–H groups in total. The molecule has 1 aliphatic carbocycles. The van der Waals surface area contributed by atoms with Crippen molar-refractivity contribution in [3.8, 4) is 0 Å².